The van der Waals surface area contributed by atoms with Gasteiger partial charge in [0.2, 0.25) is 0 Å². The van der Waals surface area contributed by atoms with E-state index in [9.17, 15) is 4.79 Å². The first kappa shape index (κ1) is 5.80. The third kappa shape index (κ3) is 0.770. The van der Waals surface area contributed by atoms with E-state index in [1.165, 1.54) is 0 Å². The second kappa shape index (κ2) is 1.57. The SMILES string of the molecule is CC1CC(C)(C=O)C1. The van der Waals surface area contributed by atoms with Crippen LogP contribution in [-0.4, -0.2) is 6.29 Å². The fourth-order valence-electron chi connectivity index (χ4n) is 1.63. The van der Waals surface area contributed by atoms with Gasteiger partial charge in [0.25, 0.3) is 0 Å². The van der Waals surface area contributed by atoms with Gasteiger partial charge in [0, 0.05) is 5.41 Å². The summed E-state index contributed by atoms with van der Waals surface area (Å²) in [6.07, 6.45) is 3.28. The van der Waals surface area contributed by atoms with Crippen molar-refractivity contribution in [3.63, 3.8) is 0 Å². The first-order valence-corrected chi connectivity index (χ1v) is 3.13. The van der Waals surface area contributed by atoms with Crippen molar-refractivity contribution in [2.45, 2.75) is 26.7 Å². The Kier molecular flexibility index (Phi) is 1.14. The monoisotopic (exact) mass is 112 g/mol. The summed E-state index contributed by atoms with van der Waals surface area (Å²) in [6.45, 7) is 4.21. The number of carbonyl (C=O) groups excluding carboxylic acids is 1. The molecule has 1 aliphatic rings. The zero-order valence-corrected chi connectivity index (χ0v) is 5.48. The first-order chi connectivity index (χ1) is 3.66. The second-order valence-electron chi connectivity index (χ2n) is 3.29. The Bertz CT molecular complexity index is 101. The fourth-order valence-corrected chi connectivity index (χ4v) is 1.63. The van der Waals surface area contributed by atoms with Gasteiger partial charge in [-0.15, -0.1) is 0 Å². The highest BCUT2D eigenvalue weighted by Gasteiger charge is 2.36. The summed E-state index contributed by atoms with van der Waals surface area (Å²) in [6, 6.07) is 0. The standard InChI is InChI=1S/C7H12O/c1-6-3-7(2,4-6)5-8/h5-6H,3-4H2,1-2H3. The van der Waals surface area contributed by atoms with Gasteiger partial charge in [-0.05, 0) is 18.8 Å². The van der Waals surface area contributed by atoms with Crippen LogP contribution in [0.25, 0.3) is 0 Å². The maximum absolute atomic E-state index is 10.3. The molecule has 0 radical (unpaired) electrons. The molecule has 0 amide bonds. The molecule has 0 aromatic carbocycles. The predicted molar refractivity (Wildman–Crippen MR) is 32.6 cm³/mol. The molecule has 0 aliphatic heterocycles. The van der Waals surface area contributed by atoms with Crippen molar-refractivity contribution in [3.8, 4) is 0 Å². The Morgan fingerprint density at radius 1 is 1.62 bits per heavy atom. The third-order valence-electron chi connectivity index (χ3n) is 1.91. The van der Waals surface area contributed by atoms with Crippen molar-refractivity contribution in [1.29, 1.82) is 0 Å². The number of hydrogen-bond acceptors (Lipinski definition) is 1. The van der Waals surface area contributed by atoms with Crippen LogP contribution in [0.1, 0.15) is 26.7 Å². The molecule has 0 spiro atoms. The van der Waals surface area contributed by atoms with Crippen LogP contribution in [0.2, 0.25) is 0 Å². The molecule has 0 atom stereocenters. The Hall–Kier alpha value is -0.330. The van der Waals surface area contributed by atoms with Crippen molar-refractivity contribution < 1.29 is 4.79 Å². The molecule has 1 saturated carbocycles. The van der Waals surface area contributed by atoms with Gasteiger partial charge in [0.15, 0.2) is 0 Å². The summed E-state index contributed by atoms with van der Waals surface area (Å²) in [5.41, 5.74) is 0.0550. The Labute approximate surface area is 50.1 Å². The lowest BCUT2D eigenvalue weighted by Gasteiger charge is -2.38. The van der Waals surface area contributed by atoms with Gasteiger partial charge in [0.1, 0.15) is 6.29 Å². The maximum atomic E-state index is 10.3. The lowest BCUT2D eigenvalue weighted by molar-refractivity contribution is -0.121. The highest BCUT2D eigenvalue weighted by Crippen LogP contribution is 2.42. The van der Waals surface area contributed by atoms with Crippen LogP contribution in [-0.2, 0) is 4.79 Å². The van der Waals surface area contributed by atoms with Crippen LogP contribution in [0.3, 0.4) is 0 Å². The van der Waals surface area contributed by atoms with E-state index in [1.54, 1.807) is 0 Å². The van der Waals surface area contributed by atoms with E-state index in [-0.39, 0.29) is 5.41 Å². The van der Waals surface area contributed by atoms with E-state index < -0.39 is 0 Å². The molecular weight excluding hydrogens is 100 g/mol. The van der Waals surface area contributed by atoms with E-state index in [0.717, 1.165) is 25.0 Å². The summed E-state index contributed by atoms with van der Waals surface area (Å²) in [7, 11) is 0. The van der Waals surface area contributed by atoms with E-state index in [2.05, 4.69) is 6.92 Å². The summed E-state index contributed by atoms with van der Waals surface area (Å²) < 4.78 is 0. The van der Waals surface area contributed by atoms with E-state index in [0.29, 0.717) is 0 Å². The molecule has 0 aromatic heterocycles. The van der Waals surface area contributed by atoms with Crippen molar-refractivity contribution in [1.82, 2.24) is 0 Å². The molecule has 1 aliphatic carbocycles. The average molecular weight is 112 g/mol. The van der Waals surface area contributed by atoms with Gasteiger partial charge in [-0.1, -0.05) is 13.8 Å². The minimum atomic E-state index is 0.0550. The molecule has 0 saturated heterocycles. The summed E-state index contributed by atoms with van der Waals surface area (Å²) in [5, 5.41) is 0. The number of rotatable bonds is 1. The third-order valence-corrected chi connectivity index (χ3v) is 1.91. The molecule has 0 aromatic rings. The molecule has 1 rings (SSSR count). The molecule has 0 N–H and O–H groups in total. The molecule has 46 valence electrons. The Balaban J connectivity index is 2.40. The smallest absolute Gasteiger partial charge is 0.125 e. The van der Waals surface area contributed by atoms with Crippen molar-refractivity contribution >= 4 is 6.29 Å². The molecule has 0 bridgehead atoms. The Morgan fingerprint density at radius 2 is 2.12 bits per heavy atom. The minimum absolute atomic E-state index is 0.0550. The average Bonchev–Trinajstić information content (AvgIpc) is 1.63. The van der Waals surface area contributed by atoms with Crippen LogP contribution in [0.5, 0.6) is 0 Å². The van der Waals surface area contributed by atoms with Crippen LogP contribution in [0, 0.1) is 11.3 Å². The highest BCUT2D eigenvalue weighted by molar-refractivity contribution is 5.60. The largest absolute Gasteiger partial charge is 0.303 e. The summed E-state index contributed by atoms with van der Waals surface area (Å²) >= 11 is 0. The lowest BCUT2D eigenvalue weighted by Crippen LogP contribution is -2.33. The minimum Gasteiger partial charge on any atom is -0.303 e. The second-order valence-corrected chi connectivity index (χ2v) is 3.29. The lowest BCUT2D eigenvalue weighted by atomic mass is 9.65. The highest BCUT2D eigenvalue weighted by atomic mass is 16.1. The maximum Gasteiger partial charge on any atom is 0.125 e. The molecule has 0 heterocycles. The number of carbonyl (C=O) groups is 1. The summed E-state index contributed by atoms with van der Waals surface area (Å²) in [5.74, 6) is 0.783. The van der Waals surface area contributed by atoms with Gasteiger partial charge in [-0.25, -0.2) is 0 Å². The molecule has 1 fully saturated rings. The van der Waals surface area contributed by atoms with Crippen LogP contribution >= 0.6 is 0 Å². The van der Waals surface area contributed by atoms with Crippen LogP contribution in [0.4, 0.5) is 0 Å². The van der Waals surface area contributed by atoms with Gasteiger partial charge in [-0.3, -0.25) is 0 Å². The Morgan fingerprint density at radius 3 is 2.25 bits per heavy atom. The molecule has 1 heteroatoms. The zero-order valence-electron chi connectivity index (χ0n) is 5.48. The van der Waals surface area contributed by atoms with Gasteiger partial charge in [-0.2, -0.15) is 0 Å². The fraction of sp³-hybridized carbons (Fsp3) is 0.857. The normalized spacial score (nSPS) is 45.5. The molecule has 8 heavy (non-hydrogen) atoms. The molecular formula is C7H12O. The molecule has 1 nitrogen and oxygen atoms in total. The van der Waals surface area contributed by atoms with E-state index in [1.807, 2.05) is 6.92 Å². The number of aldehydes is 1. The van der Waals surface area contributed by atoms with Crippen LogP contribution in [0.15, 0.2) is 0 Å². The van der Waals surface area contributed by atoms with Gasteiger partial charge < -0.3 is 4.79 Å². The van der Waals surface area contributed by atoms with Crippen LogP contribution < -0.4 is 0 Å². The van der Waals surface area contributed by atoms with E-state index in [4.69, 9.17) is 0 Å². The van der Waals surface area contributed by atoms with Crippen molar-refractivity contribution in [2.75, 3.05) is 0 Å². The number of hydrogen-bond donors (Lipinski definition) is 0. The molecule has 0 unspecified atom stereocenters. The predicted octanol–water partition coefficient (Wildman–Crippen LogP) is 1.62. The van der Waals surface area contributed by atoms with Crippen molar-refractivity contribution in [3.05, 3.63) is 0 Å². The quantitative estimate of drug-likeness (QED) is 0.471. The van der Waals surface area contributed by atoms with Crippen molar-refractivity contribution in [2.24, 2.45) is 11.3 Å². The van der Waals surface area contributed by atoms with E-state index >= 15 is 0 Å². The summed E-state index contributed by atoms with van der Waals surface area (Å²) in [4.78, 5) is 10.3. The first-order valence-electron chi connectivity index (χ1n) is 3.13. The topological polar surface area (TPSA) is 17.1 Å². The zero-order chi connectivity index (χ0) is 6.20. The van der Waals surface area contributed by atoms with Gasteiger partial charge in [0.05, 0.1) is 0 Å². The van der Waals surface area contributed by atoms with Gasteiger partial charge >= 0.3 is 0 Å².